The van der Waals surface area contributed by atoms with Crippen LogP contribution in [0.1, 0.15) is 70.7 Å². The van der Waals surface area contributed by atoms with E-state index in [-0.39, 0.29) is 65.8 Å². The van der Waals surface area contributed by atoms with Crippen LogP contribution in [-0.2, 0) is 28.9 Å². The Kier molecular flexibility index (Phi) is 10.6. The van der Waals surface area contributed by atoms with Crippen LogP contribution < -0.4 is 9.72 Å². The van der Waals surface area contributed by atoms with Crippen molar-refractivity contribution in [3.05, 3.63) is 135 Å². The predicted octanol–water partition coefficient (Wildman–Crippen LogP) is 8.02. The van der Waals surface area contributed by atoms with E-state index in [4.69, 9.17) is 10.1 Å². The second kappa shape index (κ2) is 15.8. The van der Waals surface area contributed by atoms with Crippen molar-refractivity contribution in [2.75, 3.05) is 13.7 Å². The number of rotatable bonds is 14. The zero-order valence-corrected chi connectivity index (χ0v) is 30.0. The number of phenols is 4. The summed E-state index contributed by atoms with van der Waals surface area (Å²) in [6.07, 6.45) is 12.7. The number of Topliss-reactive ketones (excluding diaryl/α,β-unsaturated/α-hetero) is 2. The standard InChI is InChI=1S/C44H43N3O7/c1-54-42-22-27(8-14-39(42)51)6-11-32(48)24-41(53)43-31(25-47-44-30(15-17-46-44)19-28-9-13-38(50)40(52)21-28)23-36-34(16-18-45-36)35(43)20-26-5-10-29-3-2-4-37(49)33(29)12-7-26/h2-4,7-9,12-18,21-23,26,35,43,46,49-52H,5-6,10-11,19-20,24-25H2,1H3/q-2. The van der Waals surface area contributed by atoms with Gasteiger partial charge in [-0.25, -0.2) is 0 Å². The van der Waals surface area contributed by atoms with Gasteiger partial charge in [-0.2, -0.15) is 6.20 Å². The minimum atomic E-state index is -0.608. The van der Waals surface area contributed by atoms with Gasteiger partial charge in [0, 0.05) is 17.9 Å². The molecule has 54 heavy (non-hydrogen) atoms. The van der Waals surface area contributed by atoms with Crippen molar-refractivity contribution in [2.45, 2.75) is 50.9 Å². The Morgan fingerprint density at radius 1 is 0.944 bits per heavy atom. The molecule has 0 saturated heterocycles. The van der Waals surface area contributed by atoms with Crippen LogP contribution in [-0.4, -0.2) is 50.6 Å². The molecule has 278 valence electrons. The predicted molar refractivity (Wildman–Crippen MR) is 206 cm³/mol. The van der Waals surface area contributed by atoms with Gasteiger partial charge in [0.1, 0.15) is 17.3 Å². The minimum Gasteiger partial charge on any atom is -0.664 e. The van der Waals surface area contributed by atoms with Crippen molar-refractivity contribution < 1.29 is 34.8 Å². The lowest BCUT2D eigenvalue weighted by Gasteiger charge is -2.37. The van der Waals surface area contributed by atoms with E-state index < -0.39 is 5.92 Å². The number of nitrogens with zero attached hydrogens (tertiary/aromatic N) is 2. The average molecular weight is 726 g/mol. The number of hydrogen-bond donors (Lipinski definition) is 5. The molecule has 0 amide bonds. The van der Waals surface area contributed by atoms with Crippen LogP contribution in [0, 0.1) is 11.8 Å². The van der Waals surface area contributed by atoms with E-state index >= 15 is 0 Å². The second-order valence-corrected chi connectivity index (χ2v) is 14.2. The molecule has 0 radical (unpaired) electrons. The number of ketones is 2. The molecule has 0 bridgehead atoms. The topological polar surface area (TPSA) is 168 Å². The number of benzene rings is 3. The Balaban J connectivity index is 1.13. The molecule has 7 rings (SSSR count). The number of ether oxygens (including phenoxy) is 1. The van der Waals surface area contributed by atoms with Crippen molar-refractivity contribution in [1.29, 1.82) is 0 Å². The fourth-order valence-electron chi connectivity index (χ4n) is 7.84. The Labute approximate surface area is 313 Å². The molecule has 0 fully saturated rings. The molecule has 0 spiro atoms. The van der Waals surface area contributed by atoms with Crippen LogP contribution in [0.2, 0.25) is 0 Å². The molecular formula is C44H43N3O7-2. The highest BCUT2D eigenvalue weighted by atomic mass is 16.5. The highest BCUT2D eigenvalue weighted by Gasteiger charge is 2.36. The summed E-state index contributed by atoms with van der Waals surface area (Å²) in [6, 6.07) is 19.2. The van der Waals surface area contributed by atoms with E-state index in [9.17, 15) is 30.0 Å². The molecule has 2 aromatic heterocycles. The normalized spacial score (nSPS) is 17.6. The van der Waals surface area contributed by atoms with Crippen molar-refractivity contribution in [2.24, 2.45) is 11.8 Å². The summed E-state index contributed by atoms with van der Waals surface area (Å²) in [5.74, 6) is -0.220. The van der Waals surface area contributed by atoms with E-state index in [0.29, 0.717) is 30.8 Å². The summed E-state index contributed by atoms with van der Waals surface area (Å²) >= 11 is 0. The molecule has 3 atom stereocenters. The molecule has 2 heterocycles. The van der Waals surface area contributed by atoms with Gasteiger partial charge in [-0.05, 0) is 103 Å². The number of carbonyl (C=O) groups is 2. The smallest absolute Gasteiger partial charge is 0.160 e. The number of methoxy groups -OCH3 is 1. The summed E-state index contributed by atoms with van der Waals surface area (Å²) < 4.78 is 5.22. The molecule has 10 heteroatoms. The van der Waals surface area contributed by atoms with Gasteiger partial charge in [-0.3, -0.25) is 9.59 Å². The first-order valence-corrected chi connectivity index (χ1v) is 18.2. The Morgan fingerprint density at radius 3 is 2.61 bits per heavy atom. The number of phenolic OH excluding ortho intramolecular Hbond substituents is 4. The first-order chi connectivity index (χ1) is 26.2. The van der Waals surface area contributed by atoms with E-state index in [0.717, 1.165) is 57.5 Å². The summed E-state index contributed by atoms with van der Waals surface area (Å²) in [7, 11) is 1.47. The fourth-order valence-corrected chi connectivity index (χ4v) is 7.84. The van der Waals surface area contributed by atoms with Crippen LogP contribution in [0.5, 0.6) is 28.7 Å². The molecule has 3 unspecified atom stereocenters. The van der Waals surface area contributed by atoms with Crippen LogP contribution in [0.15, 0.2) is 90.8 Å². The van der Waals surface area contributed by atoms with Crippen LogP contribution in [0.25, 0.3) is 17.5 Å². The van der Waals surface area contributed by atoms with Crippen molar-refractivity contribution in [3.63, 3.8) is 0 Å². The number of nitrogens with one attached hydrogen (secondary N) is 1. The molecule has 5 N–H and O–H groups in total. The van der Waals surface area contributed by atoms with Crippen molar-refractivity contribution in [1.82, 2.24) is 9.97 Å². The maximum absolute atomic E-state index is 14.5. The van der Waals surface area contributed by atoms with Gasteiger partial charge >= 0.3 is 0 Å². The number of hydrogen-bond acceptors (Lipinski definition) is 7. The van der Waals surface area contributed by atoms with Gasteiger partial charge in [-0.15, -0.1) is 5.69 Å². The Hall–Kier alpha value is -6.16. The maximum Gasteiger partial charge on any atom is 0.160 e. The van der Waals surface area contributed by atoms with Crippen LogP contribution >= 0.6 is 0 Å². The summed E-state index contributed by atoms with van der Waals surface area (Å²) in [5.41, 5.74) is 6.98. The fraction of sp³-hybridized carbons (Fsp3) is 0.273. The largest absolute Gasteiger partial charge is 0.664 e. The second-order valence-electron chi connectivity index (χ2n) is 14.2. The molecule has 0 aliphatic heterocycles. The average Bonchev–Trinajstić information content (AvgIpc) is 3.77. The molecule has 2 aliphatic rings. The number of aromatic amines is 1. The SMILES string of the molecule is COc1cc(CCC(=O)CC(=O)C2C(C[N-]c3[nH]ccc3Cc3ccc(O)c(O)c3)=Cc3[n-]ccc3C2CC2C=Cc3c(O)cccc3CC2)ccc1O. The summed E-state index contributed by atoms with van der Waals surface area (Å²) in [4.78, 5) is 35.8. The van der Waals surface area contributed by atoms with E-state index in [1.54, 1.807) is 36.7 Å². The summed E-state index contributed by atoms with van der Waals surface area (Å²) in [6.45, 7) is 0.203. The molecule has 5 aromatic rings. The van der Waals surface area contributed by atoms with E-state index in [1.165, 1.54) is 25.3 Å². The number of aromatic hydroxyl groups is 4. The van der Waals surface area contributed by atoms with Gasteiger partial charge in [-0.1, -0.05) is 77.8 Å². The number of H-pyrrole nitrogens is 1. The third-order valence-electron chi connectivity index (χ3n) is 10.7. The minimum absolute atomic E-state index is 0.0208. The van der Waals surface area contributed by atoms with Crippen molar-refractivity contribution in [3.8, 4) is 28.7 Å². The van der Waals surface area contributed by atoms with E-state index in [2.05, 4.69) is 16.0 Å². The van der Waals surface area contributed by atoms with Gasteiger partial charge in [0.2, 0.25) is 0 Å². The summed E-state index contributed by atoms with van der Waals surface area (Å²) in [5, 5.41) is 45.3. The lowest BCUT2D eigenvalue weighted by molar-refractivity contribution is -0.129. The number of aryl methyl sites for hydroxylation is 2. The van der Waals surface area contributed by atoms with Gasteiger partial charge in [0.15, 0.2) is 23.0 Å². The zero-order valence-electron chi connectivity index (χ0n) is 30.0. The number of allylic oxidation sites excluding steroid dienone is 1. The number of aromatic nitrogens is 2. The van der Waals surface area contributed by atoms with Gasteiger partial charge in [0.05, 0.1) is 13.5 Å². The highest BCUT2D eigenvalue weighted by molar-refractivity contribution is 6.02. The number of carbonyl (C=O) groups excluding carboxylic acids is 2. The Morgan fingerprint density at radius 2 is 1.78 bits per heavy atom. The molecule has 3 aromatic carbocycles. The first-order valence-electron chi connectivity index (χ1n) is 18.2. The molecule has 2 aliphatic carbocycles. The van der Waals surface area contributed by atoms with Crippen LogP contribution in [0.4, 0.5) is 5.82 Å². The lowest BCUT2D eigenvalue weighted by atomic mass is 9.69. The monoisotopic (exact) mass is 725 g/mol. The highest BCUT2D eigenvalue weighted by Crippen LogP contribution is 2.45. The van der Waals surface area contributed by atoms with Crippen LogP contribution in [0.3, 0.4) is 0 Å². The first kappa shape index (κ1) is 36.2. The lowest BCUT2D eigenvalue weighted by Crippen LogP contribution is -2.31. The third-order valence-corrected chi connectivity index (χ3v) is 10.7. The molecular weight excluding hydrogens is 682 g/mol. The Bertz CT molecular complexity index is 2230. The number of fused-ring (bicyclic) bond motifs is 2. The quantitative estimate of drug-likeness (QED) is 0.0567. The third kappa shape index (κ3) is 7.93. The molecule has 0 saturated carbocycles. The van der Waals surface area contributed by atoms with Gasteiger partial charge < -0.3 is 40.4 Å². The van der Waals surface area contributed by atoms with E-state index in [1.807, 2.05) is 36.4 Å². The van der Waals surface area contributed by atoms with Crippen molar-refractivity contribution >= 4 is 29.5 Å². The van der Waals surface area contributed by atoms with Gasteiger partial charge in [0.25, 0.3) is 0 Å². The maximum atomic E-state index is 14.5. The zero-order chi connectivity index (χ0) is 37.8. The molecule has 10 nitrogen and oxygen atoms in total.